The fraction of sp³-hybridized carbons (Fsp3) is 0.370. The fourth-order valence-electron chi connectivity index (χ4n) is 5.04. The van der Waals surface area contributed by atoms with Crippen molar-refractivity contribution in [3.8, 4) is 17.0 Å². The Labute approximate surface area is 205 Å². The van der Waals surface area contributed by atoms with Gasteiger partial charge in [0.2, 0.25) is 0 Å². The van der Waals surface area contributed by atoms with Crippen molar-refractivity contribution in [2.24, 2.45) is 0 Å². The van der Waals surface area contributed by atoms with Gasteiger partial charge >= 0.3 is 6.09 Å². The summed E-state index contributed by atoms with van der Waals surface area (Å²) in [6.07, 6.45) is 0.323. The van der Waals surface area contributed by atoms with Crippen LogP contribution in [0.3, 0.4) is 0 Å². The highest BCUT2D eigenvalue weighted by atomic mass is 16.6. The average molecular weight is 475 g/mol. The molecule has 1 amide bonds. The van der Waals surface area contributed by atoms with Crippen molar-refractivity contribution >= 4 is 11.9 Å². The average Bonchev–Trinajstić information content (AvgIpc) is 2.87. The molecule has 0 bridgehead atoms. The molecule has 182 valence electrons. The van der Waals surface area contributed by atoms with Gasteiger partial charge in [-0.3, -0.25) is 0 Å². The van der Waals surface area contributed by atoms with Crippen molar-refractivity contribution in [1.82, 2.24) is 15.1 Å². The number of piperidine rings is 1. The van der Waals surface area contributed by atoms with Gasteiger partial charge in [-0.1, -0.05) is 36.4 Å². The molecule has 8 heteroatoms. The van der Waals surface area contributed by atoms with Crippen LogP contribution in [0.25, 0.3) is 11.3 Å². The van der Waals surface area contributed by atoms with E-state index in [2.05, 4.69) is 15.1 Å². The summed E-state index contributed by atoms with van der Waals surface area (Å²) >= 11 is 0. The number of phenolic OH excluding ortho intramolecular Hbond substituents is 1. The predicted octanol–water partition coefficient (Wildman–Crippen LogP) is 4.08. The zero-order valence-corrected chi connectivity index (χ0v) is 20.1. The van der Waals surface area contributed by atoms with E-state index in [1.54, 1.807) is 11.0 Å². The minimum absolute atomic E-state index is 0.108. The van der Waals surface area contributed by atoms with Gasteiger partial charge in [-0.25, -0.2) is 4.79 Å². The van der Waals surface area contributed by atoms with Gasteiger partial charge in [-0.05, 0) is 55.2 Å². The predicted molar refractivity (Wildman–Crippen MR) is 132 cm³/mol. The monoisotopic (exact) mass is 474 g/mol. The number of anilines is 1. The van der Waals surface area contributed by atoms with Crippen LogP contribution in [0.5, 0.6) is 5.75 Å². The molecule has 0 radical (unpaired) electrons. The number of phenols is 1. The third kappa shape index (κ3) is 4.93. The smallest absolute Gasteiger partial charge is 0.410 e. The van der Waals surface area contributed by atoms with E-state index in [1.807, 2.05) is 62.4 Å². The van der Waals surface area contributed by atoms with Crippen LogP contribution in [0.4, 0.5) is 10.6 Å². The van der Waals surface area contributed by atoms with E-state index in [4.69, 9.17) is 9.47 Å². The fourth-order valence-corrected chi connectivity index (χ4v) is 5.04. The molecule has 2 fully saturated rings. The lowest BCUT2D eigenvalue weighted by atomic mass is 9.98. The Morgan fingerprint density at radius 2 is 1.94 bits per heavy atom. The number of carbonyl (C=O) groups is 1. The van der Waals surface area contributed by atoms with Crippen LogP contribution < -0.4 is 4.90 Å². The number of ether oxygens (including phenoxy) is 2. The normalized spacial score (nSPS) is 19.8. The van der Waals surface area contributed by atoms with E-state index < -0.39 is 0 Å². The number of aromatic hydroxyl groups is 1. The summed E-state index contributed by atoms with van der Waals surface area (Å²) in [7, 11) is 0. The van der Waals surface area contributed by atoms with Gasteiger partial charge < -0.3 is 24.4 Å². The Kier molecular flexibility index (Phi) is 6.55. The summed E-state index contributed by atoms with van der Waals surface area (Å²) in [5, 5.41) is 19.4. The Balaban J connectivity index is 1.25. The molecule has 0 spiro atoms. The standard InChI is InChI=1S/C27H30N4O4/c1-18-14-19(2)26(23(32)15-18)21-8-9-25(29-28-21)31-12-13-34-24-16-30(11-10-22(24)31)27(33)35-17-20-6-4-3-5-7-20/h3-9,14-15,22,24,32H,10-13,16-17H2,1-2H3. The lowest BCUT2D eigenvalue weighted by Gasteiger charge is -2.46. The van der Waals surface area contributed by atoms with E-state index >= 15 is 0 Å². The van der Waals surface area contributed by atoms with E-state index in [1.165, 1.54) is 0 Å². The molecule has 5 rings (SSSR count). The van der Waals surface area contributed by atoms with Crippen molar-refractivity contribution in [2.45, 2.75) is 39.0 Å². The molecule has 3 heterocycles. The largest absolute Gasteiger partial charge is 0.507 e. The minimum Gasteiger partial charge on any atom is -0.507 e. The van der Waals surface area contributed by atoms with E-state index in [0.717, 1.165) is 28.9 Å². The third-order valence-electron chi connectivity index (χ3n) is 6.71. The first-order chi connectivity index (χ1) is 17.0. The number of rotatable bonds is 4. The highest BCUT2D eigenvalue weighted by molar-refractivity contribution is 5.71. The number of morpholine rings is 1. The lowest BCUT2D eigenvalue weighted by molar-refractivity contribution is -0.0336. The van der Waals surface area contributed by atoms with Crippen molar-refractivity contribution in [3.63, 3.8) is 0 Å². The maximum Gasteiger partial charge on any atom is 0.410 e. The van der Waals surface area contributed by atoms with Crippen molar-refractivity contribution < 1.29 is 19.4 Å². The van der Waals surface area contributed by atoms with Gasteiger partial charge in [0.05, 0.1) is 31.0 Å². The molecule has 2 aliphatic heterocycles. The molecular formula is C27H30N4O4. The number of amides is 1. The summed E-state index contributed by atoms with van der Waals surface area (Å²) in [5.74, 6) is 0.985. The Hall–Kier alpha value is -3.65. The maximum atomic E-state index is 12.6. The number of likely N-dealkylation sites (tertiary alicyclic amines) is 1. The molecule has 35 heavy (non-hydrogen) atoms. The van der Waals surface area contributed by atoms with Gasteiger partial charge in [0.1, 0.15) is 12.4 Å². The molecule has 0 saturated carbocycles. The zero-order chi connectivity index (χ0) is 24.4. The minimum atomic E-state index is -0.314. The number of nitrogens with zero attached hydrogens (tertiary/aromatic N) is 4. The molecular weight excluding hydrogens is 444 g/mol. The second kappa shape index (κ2) is 9.92. The van der Waals surface area contributed by atoms with Crippen molar-refractivity contribution in [3.05, 3.63) is 71.3 Å². The Bertz CT molecular complexity index is 1160. The van der Waals surface area contributed by atoms with Crippen molar-refractivity contribution in [2.75, 3.05) is 31.1 Å². The van der Waals surface area contributed by atoms with Gasteiger partial charge in [-0.2, -0.15) is 0 Å². The van der Waals surface area contributed by atoms with Gasteiger partial charge in [-0.15, -0.1) is 10.2 Å². The first-order valence-electron chi connectivity index (χ1n) is 12.0. The second-order valence-corrected chi connectivity index (χ2v) is 9.20. The van der Waals surface area contributed by atoms with Crippen LogP contribution >= 0.6 is 0 Å². The molecule has 2 unspecified atom stereocenters. The van der Waals surface area contributed by atoms with Gasteiger partial charge in [0, 0.05) is 18.7 Å². The Morgan fingerprint density at radius 3 is 2.69 bits per heavy atom. The summed E-state index contributed by atoms with van der Waals surface area (Å²) < 4.78 is 11.6. The van der Waals surface area contributed by atoms with Crippen LogP contribution in [0.2, 0.25) is 0 Å². The quantitative estimate of drug-likeness (QED) is 0.610. The molecule has 0 aliphatic carbocycles. The topological polar surface area (TPSA) is 88.0 Å². The summed E-state index contributed by atoms with van der Waals surface area (Å²) in [6.45, 7) is 6.51. The van der Waals surface area contributed by atoms with Crippen LogP contribution in [-0.2, 0) is 16.1 Å². The maximum absolute atomic E-state index is 12.6. The summed E-state index contributed by atoms with van der Waals surface area (Å²) in [4.78, 5) is 16.6. The zero-order valence-electron chi connectivity index (χ0n) is 20.1. The lowest BCUT2D eigenvalue weighted by Crippen LogP contribution is -2.60. The SMILES string of the molecule is Cc1cc(C)c(-c2ccc(N3CCOC4CN(C(=O)OCc5ccccc5)CCC43)nn2)c(O)c1. The van der Waals surface area contributed by atoms with E-state index in [-0.39, 0.29) is 30.6 Å². The third-order valence-corrected chi connectivity index (χ3v) is 6.71. The van der Waals surface area contributed by atoms with Crippen molar-refractivity contribution in [1.29, 1.82) is 0 Å². The number of carbonyl (C=O) groups excluding carboxylic acids is 1. The molecule has 2 aliphatic rings. The van der Waals surface area contributed by atoms with Crippen LogP contribution in [0.15, 0.2) is 54.6 Å². The second-order valence-electron chi connectivity index (χ2n) is 9.20. The number of hydrogen-bond acceptors (Lipinski definition) is 7. The Morgan fingerprint density at radius 1 is 1.11 bits per heavy atom. The van der Waals surface area contributed by atoms with Gasteiger partial charge in [0.15, 0.2) is 5.82 Å². The summed E-state index contributed by atoms with van der Waals surface area (Å²) in [5.41, 5.74) is 4.28. The number of hydrogen-bond donors (Lipinski definition) is 1. The first-order valence-corrected chi connectivity index (χ1v) is 12.0. The number of aromatic nitrogens is 2. The number of fused-ring (bicyclic) bond motifs is 1. The molecule has 2 atom stereocenters. The van der Waals surface area contributed by atoms with E-state index in [0.29, 0.717) is 37.5 Å². The number of aryl methyl sites for hydroxylation is 2. The molecule has 8 nitrogen and oxygen atoms in total. The van der Waals surface area contributed by atoms with E-state index in [9.17, 15) is 9.90 Å². The molecule has 1 aromatic heterocycles. The highest BCUT2D eigenvalue weighted by Gasteiger charge is 2.39. The first kappa shape index (κ1) is 23.1. The summed E-state index contributed by atoms with van der Waals surface area (Å²) in [6, 6.07) is 17.4. The highest BCUT2D eigenvalue weighted by Crippen LogP contribution is 2.33. The molecule has 1 N–H and O–H groups in total. The van der Waals surface area contributed by atoms with Crippen LogP contribution in [0, 0.1) is 13.8 Å². The molecule has 2 saturated heterocycles. The van der Waals surface area contributed by atoms with Gasteiger partial charge in [0.25, 0.3) is 0 Å². The number of benzene rings is 2. The van der Waals surface area contributed by atoms with Crippen LogP contribution in [0.1, 0.15) is 23.1 Å². The molecule has 2 aromatic carbocycles. The molecule has 3 aromatic rings. The van der Waals surface area contributed by atoms with Crippen LogP contribution in [-0.4, -0.2) is 64.7 Å².